The first-order chi connectivity index (χ1) is 13.9. The Labute approximate surface area is 170 Å². The zero-order valence-corrected chi connectivity index (χ0v) is 16.9. The van der Waals surface area contributed by atoms with Crippen LogP contribution in [0, 0.1) is 5.82 Å². The molecule has 154 valence electrons. The zero-order valence-electron chi connectivity index (χ0n) is 16.1. The van der Waals surface area contributed by atoms with Crippen molar-refractivity contribution in [2.24, 2.45) is 0 Å². The van der Waals surface area contributed by atoms with Gasteiger partial charge in [-0.2, -0.15) is 4.31 Å². The van der Waals surface area contributed by atoms with Gasteiger partial charge in [0.05, 0.1) is 26.2 Å². The molecule has 6 nitrogen and oxygen atoms in total. The lowest BCUT2D eigenvalue weighted by Gasteiger charge is -2.30. The molecule has 1 fully saturated rings. The maximum atomic E-state index is 13.6. The van der Waals surface area contributed by atoms with Crippen molar-refractivity contribution in [2.75, 3.05) is 32.7 Å². The smallest absolute Gasteiger partial charge is 0.275 e. The molecule has 0 bridgehead atoms. The third-order valence-electron chi connectivity index (χ3n) is 4.87. The van der Waals surface area contributed by atoms with Crippen molar-refractivity contribution in [1.29, 1.82) is 0 Å². The summed E-state index contributed by atoms with van der Waals surface area (Å²) in [6.45, 7) is 2.19. The first-order valence-corrected chi connectivity index (χ1v) is 11.0. The van der Waals surface area contributed by atoms with E-state index < -0.39 is 10.0 Å². The molecule has 29 heavy (non-hydrogen) atoms. The van der Waals surface area contributed by atoms with Crippen LogP contribution in [0.4, 0.5) is 4.39 Å². The second-order valence-corrected chi connectivity index (χ2v) is 8.77. The zero-order chi connectivity index (χ0) is 20.7. The maximum absolute atomic E-state index is 13.6. The Morgan fingerprint density at radius 3 is 2.41 bits per heavy atom. The van der Waals surface area contributed by atoms with Crippen LogP contribution in [0.1, 0.15) is 11.1 Å². The lowest BCUT2D eigenvalue weighted by atomic mass is 10.2. The number of sulfonamides is 1. The summed E-state index contributed by atoms with van der Waals surface area (Å²) >= 11 is 0. The van der Waals surface area contributed by atoms with E-state index in [1.165, 1.54) is 15.8 Å². The Morgan fingerprint density at radius 2 is 1.72 bits per heavy atom. The molecule has 1 saturated heterocycles. The van der Waals surface area contributed by atoms with Crippen LogP contribution >= 0.6 is 0 Å². The van der Waals surface area contributed by atoms with Crippen molar-refractivity contribution in [3.8, 4) is 0 Å². The second-order valence-electron chi connectivity index (χ2n) is 6.95. The molecule has 2 aromatic carbocycles. The molecule has 0 aromatic heterocycles. The second kappa shape index (κ2) is 9.78. The molecule has 3 rings (SSSR count). The average molecular weight is 419 g/mol. The molecule has 0 aliphatic carbocycles. The SMILES string of the molecule is O=C(C[NH+]1CCN(S(=O)(=O)/C=C/c2ccccc2)CC1)NCc1ccccc1F. The molecule has 1 aliphatic rings. The van der Waals surface area contributed by atoms with Crippen molar-refractivity contribution in [3.63, 3.8) is 0 Å². The van der Waals surface area contributed by atoms with Gasteiger partial charge in [0.15, 0.2) is 6.54 Å². The summed E-state index contributed by atoms with van der Waals surface area (Å²) in [5.74, 6) is -0.522. The number of amides is 1. The Hall–Kier alpha value is -2.55. The van der Waals surface area contributed by atoms with Gasteiger partial charge in [-0.1, -0.05) is 48.5 Å². The summed E-state index contributed by atoms with van der Waals surface area (Å²) in [7, 11) is -3.49. The fraction of sp³-hybridized carbons (Fsp3) is 0.286. The van der Waals surface area contributed by atoms with Gasteiger partial charge in [0.2, 0.25) is 10.0 Å². The number of carbonyl (C=O) groups excluding carboxylic acids is 1. The molecule has 0 atom stereocenters. The normalized spacial score (nSPS) is 16.2. The van der Waals surface area contributed by atoms with Crippen molar-refractivity contribution >= 4 is 22.0 Å². The lowest BCUT2D eigenvalue weighted by Crippen LogP contribution is -3.15. The topological polar surface area (TPSA) is 70.9 Å². The van der Waals surface area contributed by atoms with Gasteiger partial charge < -0.3 is 10.2 Å². The van der Waals surface area contributed by atoms with E-state index in [2.05, 4.69) is 5.32 Å². The number of piperazine rings is 1. The fourth-order valence-corrected chi connectivity index (χ4v) is 4.37. The van der Waals surface area contributed by atoms with E-state index >= 15 is 0 Å². The van der Waals surface area contributed by atoms with Gasteiger partial charge in [0.1, 0.15) is 5.82 Å². The summed E-state index contributed by atoms with van der Waals surface area (Å²) in [5.41, 5.74) is 1.27. The molecule has 1 aliphatic heterocycles. The highest BCUT2D eigenvalue weighted by molar-refractivity contribution is 7.92. The van der Waals surface area contributed by atoms with E-state index in [1.807, 2.05) is 30.3 Å². The summed E-state index contributed by atoms with van der Waals surface area (Å²) in [6, 6.07) is 15.6. The van der Waals surface area contributed by atoms with Crippen LogP contribution in [0.3, 0.4) is 0 Å². The molecule has 1 heterocycles. The van der Waals surface area contributed by atoms with Gasteiger partial charge in [0.25, 0.3) is 5.91 Å². The number of hydrogen-bond donors (Lipinski definition) is 2. The van der Waals surface area contributed by atoms with E-state index in [0.29, 0.717) is 31.7 Å². The Balaban J connectivity index is 1.45. The lowest BCUT2D eigenvalue weighted by molar-refractivity contribution is -0.895. The van der Waals surface area contributed by atoms with Crippen LogP contribution in [0.25, 0.3) is 6.08 Å². The number of benzene rings is 2. The van der Waals surface area contributed by atoms with Crippen molar-refractivity contribution in [1.82, 2.24) is 9.62 Å². The molecular formula is C21H25FN3O3S+. The van der Waals surface area contributed by atoms with Crippen LogP contribution in [0.5, 0.6) is 0 Å². The molecule has 0 radical (unpaired) electrons. The molecule has 0 spiro atoms. The number of nitrogens with zero attached hydrogens (tertiary/aromatic N) is 1. The predicted molar refractivity (Wildman–Crippen MR) is 110 cm³/mol. The van der Waals surface area contributed by atoms with Crippen LogP contribution in [-0.2, 0) is 21.4 Å². The van der Waals surface area contributed by atoms with E-state index in [0.717, 1.165) is 10.5 Å². The minimum Gasteiger partial charge on any atom is -0.347 e. The monoisotopic (exact) mass is 418 g/mol. The number of halogens is 1. The van der Waals surface area contributed by atoms with Gasteiger partial charge in [-0.15, -0.1) is 0 Å². The predicted octanol–water partition coefficient (Wildman–Crippen LogP) is 0.643. The third-order valence-corrected chi connectivity index (χ3v) is 6.43. The van der Waals surface area contributed by atoms with E-state index in [9.17, 15) is 17.6 Å². The Kier molecular flexibility index (Phi) is 7.13. The maximum Gasteiger partial charge on any atom is 0.275 e. The Morgan fingerprint density at radius 1 is 1.07 bits per heavy atom. The number of nitrogens with one attached hydrogen (secondary N) is 2. The minimum absolute atomic E-state index is 0.142. The Bertz CT molecular complexity index is 956. The minimum atomic E-state index is -3.49. The van der Waals surface area contributed by atoms with Gasteiger partial charge in [0, 0.05) is 17.5 Å². The average Bonchev–Trinajstić information content (AvgIpc) is 2.73. The molecule has 0 unspecified atom stereocenters. The van der Waals surface area contributed by atoms with Crippen LogP contribution in [-0.4, -0.2) is 51.4 Å². The van der Waals surface area contributed by atoms with Crippen LogP contribution in [0.2, 0.25) is 0 Å². The first kappa shape index (κ1) is 21.2. The van der Waals surface area contributed by atoms with Crippen molar-refractivity contribution < 1.29 is 22.5 Å². The number of rotatable bonds is 7. The van der Waals surface area contributed by atoms with Gasteiger partial charge in [-0.05, 0) is 17.7 Å². The molecule has 0 saturated carbocycles. The van der Waals surface area contributed by atoms with Crippen LogP contribution < -0.4 is 10.2 Å². The summed E-state index contributed by atoms with van der Waals surface area (Å²) in [5, 5.41) is 3.95. The molecular weight excluding hydrogens is 393 g/mol. The van der Waals surface area contributed by atoms with E-state index in [4.69, 9.17) is 0 Å². The molecule has 8 heteroatoms. The molecule has 1 amide bonds. The quantitative estimate of drug-likeness (QED) is 0.694. The number of carbonyl (C=O) groups is 1. The summed E-state index contributed by atoms with van der Waals surface area (Å²) in [6.07, 6.45) is 1.59. The van der Waals surface area contributed by atoms with Gasteiger partial charge >= 0.3 is 0 Å². The number of quaternary nitrogens is 1. The highest BCUT2D eigenvalue weighted by Crippen LogP contribution is 2.08. The van der Waals surface area contributed by atoms with E-state index in [1.54, 1.807) is 24.3 Å². The third kappa shape index (κ3) is 6.22. The molecule has 2 N–H and O–H groups in total. The molecule has 2 aromatic rings. The summed E-state index contributed by atoms with van der Waals surface area (Å²) in [4.78, 5) is 13.1. The van der Waals surface area contributed by atoms with Gasteiger partial charge in [-0.25, -0.2) is 12.8 Å². The standard InChI is InChI=1S/C21H24FN3O3S/c22-20-9-5-4-8-19(20)16-23-21(26)17-24-11-13-25(14-12-24)29(27,28)15-10-18-6-2-1-3-7-18/h1-10,15H,11-14,16-17H2,(H,23,26)/p+1/b15-10+. The van der Waals surface area contributed by atoms with E-state index in [-0.39, 0.29) is 24.8 Å². The number of hydrogen-bond acceptors (Lipinski definition) is 3. The largest absolute Gasteiger partial charge is 0.347 e. The highest BCUT2D eigenvalue weighted by Gasteiger charge is 2.28. The highest BCUT2D eigenvalue weighted by atomic mass is 32.2. The van der Waals surface area contributed by atoms with Gasteiger partial charge in [-0.3, -0.25) is 4.79 Å². The van der Waals surface area contributed by atoms with Crippen LogP contribution in [0.15, 0.2) is 60.0 Å². The van der Waals surface area contributed by atoms with Crippen molar-refractivity contribution in [3.05, 3.63) is 76.9 Å². The first-order valence-electron chi connectivity index (χ1n) is 9.51. The fourth-order valence-electron chi connectivity index (χ4n) is 3.17. The van der Waals surface area contributed by atoms with Crippen molar-refractivity contribution in [2.45, 2.75) is 6.54 Å². The summed E-state index contributed by atoms with van der Waals surface area (Å²) < 4.78 is 40.0.